The molecule has 120 valence electrons. The van der Waals surface area contributed by atoms with Crippen LogP contribution >= 0.6 is 0 Å². The molecule has 0 fully saturated rings. The van der Waals surface area contributed by atoms with Crippen molar-refractivity contribution in [1.29, 1.82) is 0 Å². The molecule has 0 aromatic heterocycles. The van der Waals surface area contributed by atoms with E-state index in [-0.39, 0.29) is 18.5 Å². The van der Waals surface area contributed by atoms with E-state index in [2.05, 4.69) is 9.47 Å². The van der Waals surface area contributed by atoms with Gasteiger partial charge in [-0.05, 0) is 16.5 Å². The average Bonchev–Trinajstić information content (AvgIpc) is 2.40. The van der Waals surface area contributed by atoms with Gasteiger partial charge in [0.15, 0.2) is 0 Å². The number of aliphatic hydroxyl groups is 2. The number of benzene rings is 1. The predicted octanol–water partition coefficient (Wildman–Crippen LogP) is 1.81. The summed E-state index contributed by atoms with van der Waals surface area (Å²) in [4.78, 5) is 10.3. The quantitative estimate of drug-likeness (QED) is 0.640. The second kappa shape index (κ2) is 9.50. The molecule has 0 aliphatic rings. The van der Waals surface area contributed by atoms with Gasteiger partial charge in [-0.15, -0.1) is 0 Å². The smallest absolute Gasteiger partial charge is 0.295 e. The molecular formula is C16H26O5. The summed E-state index contributed by atoms with van der Waals surface area (Å²) in [7, 11) is 3.25. The summed E-state index contributed by atoms with van der Waals surface area (Å²) in [5.41, 5.74) is 1.68. The zero-order valence-electron chi connectivity index (χ0n) is 13.4. The van der Waals surface area contributed by atoms with E-state index in [0.717, 1.165) is 11.1 Å². The van der Waals surface area contributed by atoms with E-state index in [1.54, 1.807) is 14.2 Å². The third kappa shape index (κ3) is 6.25. The highest BCUT2D eigenvalue weighted by Gasteiger charge is 2.27. The van der Waals surface area contributed by atoms with Crippen LogP contribution in [0.25, 0.3) is 0 Å². The fourth-order valence-corrected chi connectivity index (χ4v) is 2.00. The maximum atomic E-state index is 10.3. The molecule has 0 aliphatic heterocycles. The number of ether oxygens (including phenoxy) is 2. The summed E-state index contributed by atoms with van der Waals surface area (Å²) >= 11 is 0. The Hall–Kier alpha value is -1.43. The van der Waals surface area contributed by atoms with E-state index in [9.17, 15) is 15.0 Å². The van der Waals surface area contributed by atoms with Gasteiger partial charge in [0.1, 0.15) is 0 Å². The minimum atomic E-state index is -1.34. The SMILES string of the molecule is CC(C)(C)c1ccccc1C(CO)C(O)OC=O.COC. The Kier molecular flexibility index (Phi) is 8.85. The van der Waals surface area contributed by atoms with Crippen LogP contribution < -0.4 is 0 Å². The lowest BCUT2D eigenvalue weighted by Crippen LogP contribution is -2.27. The Balaban J connectivity index is 0.00000122. The molecule has 0 aliphatic carbocycles. The Bertz CT molecular complexity index is 411. The summed E-state index contributed by atoms with van der Waals surface area (Å²) in [5.74, 6) is -0.634. The number of methoxy groups -OCH3 is 1. The lowest BCUT2D eigenvalue weighted by molar-refractivity contribution is -0.157. The predicted molar refractivity (Wildman–Crippen MR) is 81.1 cm³/mol. The number of aliphatic hydroxyl groups excluding tert-OH is 2. The van der Waals surface area contributed by atoms with Crippen LogP contribution in [0.15, 0.2) is 24.3 Å². The van der Waals surface area contributed by atoms with Gasteiger partial charge in [0.25, 0.3) is 6.47 Å². The minimum absolute atomic E-state index is 0.120. The first-order valence-electron chi connectivity index (χ1n) is 6.71. The monoisotopic (exact) mass is 298 g/mol. The Morgan fingerprint density at radius 3 is 2.19 bits per heavy atom. The lowest BCUT2D eigenvalue weighted by atomic mass is 9.80. The van der Waals surface area contributed by atoms with Crippen molar-refractivity contribution in [1.82, 2.24) is 0 Å². The standard InChI is InChI=1S/C14H20O4.C2H6O/c1-14(2,3)12-7-5-4-6-10(12)11(8-15)13(17)18-9-16;1-3-2/h4-7,9,11,13,15,17H,8H2,1-3H3;1-2H3. The van der Waals surface area contributed by atoms with E-state index in [0.29, 0.717) is 0 Å². The van der Waals surface area contributed by atoms with E-state index in [1.165, 1.54) is 0 Å². The molecule has 0 radical (unpaired) electrons. The molecule has 2 atom stereocenters. The van der Waals surface area contributed by atoms with Crippen LogP contribution in [0.2, 0.25) is 0 Å². The molecule has 1 rings (SSSR count). The Morgan fingerprint density at radius 1 is 1.24 bits per heavy atom. The zero-order chi connectivity index (χ0) is 16.5. The van der Waals surface area contributed by atoms with Gasteiger partial charge in [-0.3, -0.25) is 4.79 Å². The van der Waals surface area contributed by atoms with Gasteiger partial charge in [-0.1, -0.05) is 45.0 Å². The first-order chi connectivity index (χ1) is 9.83. The van der Waals surface area contributed by atoms with Gasteiger partial charge >= 0.3 is 0 Å². The summed E-state index contributed by atoms with van der Waals surface area (Å²) in [5, 5.41) is 19.1. The highest BCUT2D eigenvalue weighted by Crippen LogP contribution is 2.32. The van der Waals surface area contributed by atoms with Crippen molar-refractivity contribution in [3.8, 4) is 0 Å². The van der Waals surface area contributed by atoms with Gasteiger partial charge in [0.2, 0.25) is 6.29 Å². The zero-order valence-corrected chi connectivity index (χ0v) is 13.4. The fourth-order valence-electron chi connectivity index (χ4n) is 2.00. The molecule has 0 heterocycles. The Morgan fingerprint density at radius 2 is 1.76 bits per heavy atom. The van der Waals surface area contributed by atoms with Gasteiger partial charge in [-0.2, -0.15) is 0 Å². The lowest BCUT2D eigenvalue weighted by Gasteiger charge is -2.28. The van der Waals surface area contributed by atoms with Gasteiger partial charge in [0, 0.05) is 14.2 Å². The number of carbonyl (C=O) groups excluding carboxylic acids is 1. The van der Waals surface area contributed by atoms with Gasteiger partial charge in [0.05, 0.1) is 12.5 Å². The van der Waals surface area contributed by atoms with Crippen LogP contribution in [-0.2, 0) is 19.7 Å². The van der Waals surface area contributed by atoms with Crippen molar-refractivity contribution in [2.45, 2.75) is 38.4 Å². The van der Waals surface area contributed by atoms with Gasteiger partial charge < -0.3 is 19.7 Å². The first kappa shape index (κ1) is 19.6. The summed E-state index contributed by atoms with van der Waals surface area (Å²) in [6.07, 6.45) is -1.34. The normalized spacial score (nSPS) is 13.7. The summed E-state index contributed by atoms with van der Waals surface area (Å²) in [6.45, 7) is 6.04. The van der Waals surface area contributed by atoms with E-state index < -0.39 is 12.2 Å². The molecule has 2 N–H and O–H groups in total. The van der Waals surface area contributed by atoms with E-state index in [1.807, 2.05) is 45.0 Å². The molecule has 5 heteroatoms. The average molecular weight is 298 g/mol. The molecular weight excluding hydrogens is 272 g/mol. The number of hydrogen-bond donors (Lipinski definition) is 2. The summed E-state index contributed by atoms with van der Waals surface area (Å²) in [6, 6.07) is 7.52. The summed E-state index contributed by atoms with van der Waals surface area (Å²) < 4.78 is 8.78. The van der Waals surface area contributed by atoms with Crippen molar-refractivity contribution in [3.63, 3.8) is 0 Å². The van der Waals surface area contributed by atoms with E-state index >= 15 is 0 Å². The van der Waals surface area contributed by atoms with Crippen LogP contribution in [0, 0.1) is 0 Å². The van der Waals surface area contributed by atoms with Crippen LogP contribution in [0.5, 0.6) is 0 Å². The van der Waals surface area contributed by atoms with Crippen molar-refractivity contribution in [3.05, 3.63) is 35.4 Å². The molecule has 1 aromatic carbocycles. The third-order valence-corrected chi connectivity index (χ3v) is 2.90. The highest BCUT2D eigenvalue weighted by atomic mass is 16.6. The largest absolute Gasteiger partial charge is 0.437 e. The second-order valence-corrected chi connectivity index (χ2v) is 5.66. The van der Waals surface area contributed by atoms with Crippen LogP contribution in [0.1, 0.15) is 37.8 Å². The molecule has 5 nitrogen and oxygen atoms in total. The minimum Gasteiger partial charge on any atom is -0.437 e. The fraction of sp³-hybridized carbons (Fsp3) is 0.562. The Labute approximate surface area is 126 Å². The van der Waals surface area contributed by atoms with E-state index in [4.69, 9.17) is 0 Å². The maximum absolute atomic E-state index is 10.3. The molecule has 21 heavy (non-hydrogen) atoms. The second-order valence-electron chi connectivity index (χ2n) is 5.66. The molecule has 0 saturated carbocycles. The molecule has 0 bridgehead atoms. The first-order valence-corrected chi connectivity index (χ1v) is 6.71. The number of rotatable bonds is 5. The van der Waals surface area contributed by atoms with Crippen molar-refractivity contribution >= 4 is 6.47 Å². The van der Waals surface area contributed by atoms with Crippen LogP contribution in [-0.4, -0.2) is 43.8 Å². The molecule has 1 aromatic rings. The van der Waals surface area contributed by atoms with Crippen LogP contribution in [0.3, 0.4) is 0 Å². The molecule has 2 unspecified atom stereocenters. The maximum Gasteiger partial charge on any atom is 0.295 e. The number of hydrogen-bond acceptors (Lipinski definition) is 5. The van der Waals surface area contributed by atoms with Gasteiger partial charge in [-0.25, -0.2) is 0 Å². The van der Waals surface area contributed by atoms with Crippen molar-refractivity contribution in [2.24, 2.45) is 0 Å². The van der Waals surface area contributed by atoms with Crippen LogP contribution in [0.4, 0.5) is 0 Å². The third-order valence-electron chi connectivity index (χ3n) is 2.90. The van der Waals surface area contributed by atoms with Crippen molar-refractivity contribution < 1.29 is 24.5 Å². The van der Waals surface area contributed by atoms with Crippen molar-refractivity contribution in [2.75, 3.05) is 20.8 Å². The topological polar surface area (TPSA) is 76.0 Å². The highest BCUT2D eigenvalue weighted by molar-refractivity contribution is 5.39. The molecule has 0 saturated heterocycles. The molecule has 0 amide bonds. The number of carbonyl (C=O) groups is 1. The molecule has 0 spiro atoms.